The number of halogens is 1. The van der Waals surface area contributed by atoms with Crippen LogP contribution in [0.25, 0.3) is 0 Å². The van der Waals surface area contributed by atoms with Crippen LogP contribution >= 0.6 is 11.6 Å². The van der Waals surface area contributed by atoms with Crippen molar-refractivity contribution >= 4 is 27.3 Å². The average Bonchev–Trinajstić information content (AvgIpc) is 2.71. The minimum atomic E-state index is -3.00. The van der Waals surface area contributed by atoms with Crippen molar-refractivity contribution in [2.45, 2.75) is 44.1 Å². The molecular weight excluding hydrogens is 274 g/mol. The number of hydrogen-bond donors (Lipinski definition) is 1. The number of amides is 1. The minimum absolute atomic E-state index is 0.00278. The summed E-state index contributed by atoms with van der Waals surface area (Å²) in [5.74, 6) is 0.0459. The fraction of sp³-hybridized carbons (Fsp3) is 0.917. The van der Waals surface area contributed by atoms with E-state index >= 15 is 0 Å². The van der Waals surface area contributed by atoms with E-state index in [1.165, 1.54) is 6.42 Å². The lowest BCUT2D eigenvalue weighted by molar-refractivity contribution is -0.126. The van der Waals surface area contributed by atoms with Crippen LogP contribution in [0.4, 0.5) is 0 Å². The molecule has 0 aromatic carbocycles. The first-order chi connectivity index (χ1) is 8.46. The summed E-state index contributed by atoms with van der Waals surface area (Å²) in [5.41, 5.74) is -0.302. The van der Waals surface area contributed by atoms with E-state index in [9.17, 15) is 13.2 Å². The molecule has 104 valence electrons. The van der Waals surface area contributed by atoms with Crippen molar-refractivity contribution in [2.75, 3.05) is 17.4 Å². The second kappa shape index (κ2) is 5.37. The van der Waals surface area contributed by atoms with Gasteiger partial charge in [-0.25, -0.2) is 8.42 Å². The second-order valence-corrected chi connectivity index (χ2v) is 8.06. The topological polar surface area (TPSA) is 63.2 Å². The predicted molar refractivity (Wildman–Crippen MR) is 71.4 cm³/mol. The molecule has 0 spiro atoms. The summed E-state index contributed by atoms with van der Waals surface area (Å²) in [6.07, 6.45) is 5.61. The number of nitrogens with one attached hydrogen (secondary N) is 1. The van der Waals surface area contributed by atoms with Crippen molar-refractivity contribution in [3.8, 4) is 0 Å². The van der Waals surface area contributed by atoms with Crippen molar-refractivity contribution in [1.82, 2.24) is 5.32 Å². The zero-order chi connectivity index (χ0) is 13.2. The Bertz CT molecular complexity index is 415. The number of rotatable bonds is 3. The molecule has 1 aliphatic carbocycles. The Morgan fingerprint density at radius 2 is 1.94 bits per heavy atom. The monoisotopic (exact) mass is 293 g/mol. The molecule has 1 unspecified atom stereocenters. The third-order valence-corrected chi connectivity index (χ3v) is 6.34. The van der Waals surface area contributed by atoms with Crippen molar-refractivity contribution in [3.63, 3.8) is 0 Å². The molecule has 2 rings (SSSR count). The summed E-state index contributed by atoms with van der Waals surface area (Å²) in [6, 6.07) is 0. The highest BCUT2D eigenvalue weighted by Crippen LogP contribution is 2.30. The van der Waals surface area contributed by atoms with Gasteiger partial charge in [-0.3, -0.25) is 4.79 Å². The lowest BCUT2D eigenvalue weighted by atomic mass is 9.82. The molecule has 1 aliphatic heterocycles. The smallest absolute Gasteiger partial charge is 0.224 e. The predicted octanol–water partition coefficient (Wildman–Crippen LogP) is 1.48. The van der Waals surface area contributed by atoms with Gasteiger partial charge in [0, 0.05) is 5.88 Å². The van der Waals surface area contributed by atoms with Crippen LogP contribution in [0.1, 0.15) is 38.5 Å². The van der Waals surface area contributed by atoms with Crippen LogP contribution in [0.5, 0.6) is 0 Å². The molecule has 1 saturated carbocycles. The van der Waals surface area contributed by atoms with Gasteiger partial charge in [0.15, 0.2) is 9.84 Å². The normalized spacial score (nSPS) is 29.9. The number of alkyl halides is 1. The molecule has 4 nitrogen and oxygen atoms in total. The lowest BCUT2D eigenvalue weighted by Gasteiger charge is -2.37. The largest absolute Gasteiger partial charge is 0.349 e. The van der Waals surface area contributed by atoms with E-state index < -0.39 is 9.84 Å². The maximum absolute atomic E-state index is 12.1. The highest BCUT2D eigenvalue weighted by atomic mass is 35.5. The highest BCUT2D eigenvalue weighted by Gasteiger charge is 2.38. The Kier molecular flexibility index (Phi) is 4.22. The fourth-order valence-electron chi connectivity index (χ4n) is 2.89. The zero-order valence-corrected chi connectivity index (χ0v) is 12.0. The van der Waals surface area contributed by atoms with E-state index in [4.69, 9.17) is 11.6 Å². The standard InChI is InChI=1S/C12H20ClNO3S/c13-9-12(5-2-1-3-6-12)14-11(15)10-4-7-18(16,17)8-10/h10H,1-9H2,(H,14,15). The van der Waals surface area contributed by atoms with E-state index in [1.54, 1.807) is 0 Å². The van der Waals surface area contributed by atoms with Gasteiger partial charge in [-0.15, -0.1) is 11.6 Å². The molecule has 1 saturated heterocycles. The molecular formula is C12H20ClNO3S. The van der Waals surface area contributed by atoms with Crippen molar-refractivity contribution in [2.24, 2.45) is 5.92 Å². The van der Waals surface area contributed by atoms with Gasteiger partial charge in [0.25, 0.3) is 0 Å². The molecule has 1 atom stereocenters. The van der Waals surface area contributed by atoms with Crippen LogP contribution in [0, 0.1) is 5.92 Å². The molecule has 2 aliphatic rings. The zero-order valence-electron chi connectivity index (χ0n) is 10.5. The molecule has 0 aromatic heterocycles. The van der Waals surface area contributed by atoms with Crippen molar-refractivity contribution in [3.05, 3.63) is 0 Å². The molecule has 2 fully saturated rings. The molecule has 0 aromatic rings. The number of hydrogen-bond acceptors (Lipinski definition) is 3. The Hall–Kier alpha value is -0.290. The number of sulfone groups is 1. The third kappa shape index (κ3) is 3.18. The summed E-state index contributed by atoms with van der Waals surface area (Å²) in [6.45, 7) is 0. The molecule has 18 heavy (non-hydrogen) atoms. The first-order valence-electron chi connectivity index (χ1n) is 6.55. The maximum Gasteiger partial charge on any atom is 0.224 e. The van der Waals surface area contributed by atoms with Gasteiger partial charge < -0.3 is 5.32 Å². The van der Waals surface area contributed by atoms with Crippen LogP contribution in [-0.4, -0.2) is 37.2 Å². The van der Waals surface area contributed by atoms with E-state index in [-0.39, 0.29) is 28.9 Å². The molecule has 6 heteroatoms. The molecule has 1 heterocycles. The molecule has 1 N–H and O–H groups in total. The van der Waals surface area contributed by atoms with E-state index in [1.807, 2.05) is 0 Å². The van der Waals surface area contributed by atoms with Gasteiger partial charge in [-0.2, -0.15) is 0 Å². The number of carbonyl (C=O) groups is 1. The SMILES string of the molecule is O=C(NC1(CCl)CCCCC1)C1CCS(=O)(=O)C1. The van der Waals surface area contributed by atoms with Gasteiger partial charge in [0.1, 0.15) is 0 Å². The minimum Gasteiger partial charge on any atom is -0.349 e. The molecule has 0 radical (unpaired) electrons. The van der Waals surface area contributed by atoms with E-state index in [0.717, 1.165) is 25.7 Å². The lowest BCUT2D eigenvalue weighted by Crippen LogP contribution is -2.53. The Morgan fingerprint density at radius 3 is 2.44 bits per heavy atom. The van der Waals surface area contributed by atoms with E-state index in [0.29, 0.717) is 12.3 Å². The highest BCUT2D eigenvalue weighted by molar-refractivity contribution is 7.91. The van der Waals surface area contributed by atoms with Gasteiger partial charge in [-0.05, 0) is 19.3 Å². The Morgan fingerprint density at radius 1 is 1.28 bits per heavy atom. The quantitative estimate of drug-likeness (QED) is 0.802. The fourth-order valence-corrected chi connectivity index (χ4v) is 4.96. The van der Waals surface area contributed by atoms with Crippen LogP contribution in [0.15, 0.2) is 0 Å². The summed E-state index contributed by atoms with van der Waals surface area (Å²) in [7, 11) is -3.00. The van der Waals surface area contributed by atoms with Gasteiger partial charge in [0.2, 0.25) is 5.91 Å². The van der Waals surface area contributed by atoms with Crippen LogP contribution in [-0.2, 0) is 14.6 Å². The molecule has 0 bridgehead atoms. The summed E-state index contributed by atoms with van der Waals surface area (Å²) < 4.78 is 22.8. The first-order valence-corrected chi connectivity index (χ1v) is 8.90. The van der Waals surface area contributed by atoms with Crippen LogP contribution in [0.3, 0.4) is 0 Å². The average molecular weight is 294 g/mol. The maximum atomic E-state index is 12.1. The van der Waals surface area contributed by atoms with Crippen LogP contribution in [0.2, 0.25) is 0 Å². The first kappa shape index (κ1) is 14.1. The second-order valence-electron chi connectivity index (χ2n) is 5.56. The third-order valence-electron chi connectivity index (χ3n) is 4.06. The van der Waals surface area contributed by atoms with Gasteiger partial charge in [-0.1, -0.05) is 19.3 Å². The van der Waals surface area contributed by atoms with Crippen molar-refractivity contribution < 1.29 is 13.2 Å². The Balaban J connectivity index is 1.98. The Labute approximate surface area is 113 Å². The molecule has 1 amide bonds. The van der Waals surface area contributed by atoms with Gasteiger partial charge >= 0.3 is 0 Å². The number of carbonyl (C=O) groups excluding carboxylic acids is 1. The van der Waals surface area contributed by atoms with E-state index in [2.05, 4.69) is 5.32 Å². The summed E-state index contributed by atoms with van der Waals surface area (Å²) in [5, 5.41) is 3.03. The summed E-state index contributed by atoms with van der Waals surface area (Å²) >= 11 is 6.01. The van der Waals surface area contributed by atoms with Crippen LogP contribution < -0.4 is 5.32 Å². The van der Waals surface area contributed by atoms with Gasteiger partial charge in [0.05, 0.1) is 23.0 Å². The van der Waals surface area contributed by atoms with Crippen molar-refractivity contribution in [1.29, 1.82) is 0 Å². The summed E-state index contributed by atoms with van der Waals surface area (Å²) in [4.78, 5) is 12.1.